The van der Waals surface area contributed by atoms with Crippen LogP contribution in [-0.4, -0.2) is 28.0 Å². The van der Waals surface area contributed by atoms with Gasteiger partial charge < -0.3 is 4.98 Å². The van der Waals surface area contributed by atoms with Crippen molar-refractivity contribution < 1.29 is 4.39 Å². The first-order valence-corrected chi connectivity index (χ1v) is 7.73. The molecule has 1 aromatic heterocycles. The highest BCUT2D eigenvalue weighted by Crippen LogP contribution is 2.35. The number of rotatable bonds is 4. The van der Waals surface area contributed by atoms with Crippen LogP contribution in [0.25, 0.3) is 0 Å². The molecule has 0 aliphatic carbocycles. The van der Waals surface area contributed by atoms with Gasteiger partial charge in [0.2, 0.25) is 0 Å². The minimum atomic E-state index is -0.136. The van der Waals surface area contributed by atoms with E-state index in [0.717, 1.165) is 54.9 Å². The lowest BCUT2D eigenvalue weighted by Crippen LogP contribution is -2.37. The largest absolute Gasteiger partial charge is 0.348 e. The quantitative estimate of drug-likeness (QED) is 0.931. The number of H-pyrrole nitrogens is 1. The Morgan fingerprint density at radius 3 is 3.10 bits per heavy atom. The summed E-state index contributed by atoms with van der Waals surface area (Å²) in [6.07, 6.45) is 4.97. The Hall–Kier alpha value is -1.68. The molecule has 21 heavy (non-hydrogen) atoms. The molecule has 1 atom stereocenters. The second-order valence-corrected chi connectivity index (χ2v) is 5.83. The van der Waals surface area contributed by atoms with Gasteiger partial charge >= 0.3 is 0 Å². The molecule has 0 saturated carbocycles. The van der Waals surface area contributed by atoms with Gasteiger partial charge in [-0.05, 0) is 26.0 Å². The highest BCUT2D eigenvalue weighted by Gasteiger charge is 2.32. The average Bonchev–Trinajstić information content (AvgIpc) is 2.95. The van der Waals surface area contributed by atoms with E-state index in [1.54, 1.807) is 12.4 Å². The average molecular weight is 287 g/mol. The third-order valence-corrected chi connectivity index (χ3v) is 4.27. The number of hydrogen-bond acceptors (Lipinski definition) is 2. The zero-order chi connectivity index (χ0) is 14.8. The number of unbranched alkanes of at least 4 members (excludes halogenated alkanes) is 1. The molecule has 2 heterocycles. The van der Waals surface area contributed by atoms with E-state index < -0.39 is 0 Å². The van der Waals surface area contributed by atoms with E-state index in [-0.39, 0.29) is 11.9 Å². The number of imidazole rings is 1. The molecular weight excluding hydrogens is 265 g/mol. The van der Waals surface area contributed by atoms with Gasteiger partial charge in [0, 0.05) is 24.2 Å². The van der Waals surface area contributed by atoms with E-state index in [2.05, 4.69) is 21.8 Å². The van der Waals surface area contributed by atoms with Crippen molar-refractivity contribution in [1.29, 1.82) is 0 Å². The molecule has 0 spiro atoms. The first-order chi connectivity index (χ1) is 10.2. The maximum atomic E-state index is 14.4. The molecule has 0 bridgehead atoms. The third kappa shape index (κ3) is 2.72. The molecular formula is C17H22FN3. The van der Waals surface area contributed by atoms with Crippen LogP contribution in [0.4, 0.5) is 4.39 Å². The summed E-state index contributed by atoms with van der Waals surface area (Å²) in [7, 11) is 0. The minimum absolute atomic E-state index is 0.0635. The van der Waals surface area contributed by atoms with Crippen LogP contribution >= 0.6 is 0 Å². The van der Waals surface area contributed by atoms with Gasteiger partial charge in [-0.1, -0.05) is 31.0 Å². The van der Waals surface area contributed by atoms with Gasteiger partial charge in [-0.15, -0.1) is 0 Å². The Labute approximate surface area is 125 Å². The molecule has 1 aliphatic rings. The topological polar surface area (TPSA) is 31.9 Å². The summed E-state index contributed by atoms with van der Waals surface area (Å²) >= 11 is 0. The lowest BCUT2D eigenvalue weighted by atomic mass is 9.94. The van der Waals surface area contributed by atoms with Crippen molar-refractivity contribution in [2.45, 2.75) is 39.2 Å². The molecule has 0 radical (unpaired) electrons. The summed E-state index contributed by atoms with van der Waals surface area (Å²) in [5.41, 5.74) is 3.97. The Bertz CT molecular complexity index is 620. The van der Waals surface area contributed by atoms with Crippen LogP contribution in [0.1, 0.15) is 48.3 Å². The van der Waals surface area contributed by atoms with E-state index in [9.17, 15) is 4.39 Å². The molecule has 1 unspecified atom stereocenters. The normalized spacial score (nSPS) is 18.7. The summed E-state index contributed by atoms with van der Waals surface area (Å²) < 4.78 is 14.4. The molecule has 2 aromatic rings. The highest BCUT2D eigenvalue weighted by molar-refractivity contribution is 5.35. The van der Waals surface area contributed by atoms with Gasteiger partial charge in [-0.25, -0.2) is 9.37 Å². The van der Waals surface area contributed by atoms with Crippen molar-refractivity contribution >= 4 is 0 Å². The summed E-state index contributed by atoms with van der Waals surface area (Å²) in [4.78, 5) is 10.1. The smallest absolute Gasteiger partial charge is 0.128 e. The predicted molar refractivity (Wildman–Crippen MR) is 81.8 cm³/mol. The predicted octanol–water partition coefficient (Wildman–Crippen LogP) is 3.60. The summed E-state index contributed by atoms with van der Waals surface area (Å²) in [5.74, 6) is -0.136. The second-order valence-electron chi connectivity index (χ2n) is 5.83. The zero-order valence-corrected chi connectivity index (χ0v) is 12.7. The zero-order valence-electron chi connectivity index (χ0n) is 12.7. The first-order valence-electron chi connectivity index (χ1n) is 7.73. The van der Waals surface area contributed by atoms with Crippen LogP contribution in [0.15, 0.2) is 24.5 Å². The summed E-state index contributed by atoms with van der Waals surface area (Å²) in [6, 6.07) is 5.29. The van der Waals surface area contributed by atoms with Gasteiger partial charge in [0.05, 0.1) is 18.1 Å². The highest BCUT2D eigenvalue weighted by atomic mass is 19.1. The van der Waals surface area contributed by atoms with E-state index in [4.69, 9.17) is 0 Å². The summed E-state index contributed by atoms with van der Waals surface area (Å²) in [6.45, 7) is 6.13. The first kappa shape index (κ1) is 14.3. The molecule has 0 amide bonds. The molecule has 3 rings (SSSR count). The standard InChI is InChI=1S/C17H22FN3/c1-3-4-8-21-9-7-15-16(20-11-19-15)17(21)13-10-12(2)5-6-14(13)18/h5-6,10-11,17H,3-4,7-9H2,1-2H3,(H,19,20). The number of nitrogens with one attached hydrogen (secondary N) is 1. The lowest BCUT2D eigenvalue weighted by Gasteiger charge is -2.35. The van der Waals surface area contributed by atoms with Gasteiger partial charge in [0.1, 0.15) is 5.82 Å². The Morgan fingerprint density at radius 2 is 2.29 bits per heavy atom. The Morgan fingerprint density at radius 1 is 1.43 bits per heavy atom. The number of aromatic nitrogens is 2. The second kappa shape index (κ2) is 5.98. The number of fused-ring (bicyclic) bond motifs is 1. The molecule has 1 N–H and O–H groups in total. The fourth-order valence-electron chi connectivity index (χ4n) is 3.14. The van der Waals surface area contributed by atoms with Crippen LogP contribution in [0.3, 0.4) is 0 Å². The number of halogens is 1. The van der Waals surface area contributed by atoms with Gasteiger partial charge in [-0.2, -0.15) is 0 Å². The number of nitrogens with zero attached hydrogens (tertiary/aromatic N) is 2. The van der Waals surface area contributed by atoms with Crippen molar-refractivity contribution in [2.24, 2.45) is 0 Å². The molecule has 4 heteroatoms. The van der Waals surface area contributed by atoms with Crippen LogP contribution in [0.2, 0.25) is 0 Å². The molecule has 0 fully saturated rings. The van der Waals surface area contributed by atoms with Crippen molar-refractivity contribution in [3.05, 3.63) is 52.9 Å². The van der Waals surface area contributed by atoms with Gasteiger partial charge in [0.15, 0.2) is 0 Å². The molecule has 1 aliphatic heterocycles. The molecule has 3 nitrogen and oxygen atoms in total. The van der Waals surface area contributed by atoms with Crippen LogP contribution < -0.4 is 0 Å². The third-order valence-electron chi connectivity index (χ3n) is 4.27. The van der Waals surface area contributed by atoms with E-state index >= 15 is 0 Å². The van der Waals surface area contributed by atoms with Crippen LogP contribution in [0.5, 0.6) is 0 Å². The molecule has 1 aromatic carbocycles. The van der Waals surface area contributed by atoms with E-state index in [1.165, 1.54) is 0 Å². The minimum Gasteiger partial charge on any atom is -0.348 e. The Balaban J connectivity index is 2.03. The lowest BCUT2D eigenvalue weighted by molar-refractivity contribution is 0.202. The number of benzene rings is 1. The molecule has 112 valence electrons. The monoisotopic (exact) mass is 287 g/mol. The van der Waals surface area contributed by atoms with Crippen LogP contribution in [-0.2, 0) is 6.42 Å². The fourth-order valence-corrected chi connectivity index (χ4v) is 3.14. The van der Waals surface area contributed by atoms with Gasteiger partial charge in [-0.3, -0.25) is 4.90 Å². The Kier molecular flexibility index (Phi) is 4.06. The SMILES string of the molecule is CCCCN1CCc2[nH]cnc2C1c1cc(C)ccc1F. The maximum Gasteiger partial charge on any atom is 0.128 e. The van der Waals surface area contributed by atoms with E-state index in [0.29, 0.717) is 0 Å². The van der Waals surface area contributed by atoms with E-state index in [1.807, 2.05) is 19.1 Å². The van der Waals surface area contributed by atoms with Crippen molar-refractivity contribution in [3.8, 4) is 0 Å². The van der Waals surface area contributed by atoms with Gasteiger partial charge in [0.25, 0.3) is 0 Å². The van der Waals surface area contributed by atoms with Crippen molar-refractivity contribution in [3.63, 3.8) is 0 Å². The van der Waals surface area contributed by atoms with Crippen LogP contribution in [0, 0.1) is 12.7 Å². The van der Waals surface area contributed by atoms with Crippen molar-refractivity contribution in [1.82, 2.24) is 14.9 Å². The number of aromatic amines is 1. The maximum absolute atomic E-state index is 14.4. The number of aryl methyl sites for hydroxylation is 1. The number of hydrogen-bond donors (Lipinski definition) is 1. The fraction of sp³-hybridized carbons (Fsp3) is 0.471. The summed E-state index contributed by atoms with van der Waals surface area (Å²) in [5, 5.41) is 0. The molecule has 0 saturated heterocycles. The van der Waals surface area contributed by atoms with Crippen molar-refractivity contribution in [2.75, 3.05) is 13.1 Å².